The SMILES string of the molecule is CC(C)(C)NCc1ccc(N2CCS(=O)CC2)nn1. The van der Waals surface area contributed by atoms with E-state index < -0.39 is 10.8 Å². The third-order valence-corrected chi connectivity index (χ3v) is 4.28. The Morgan fingerprint density at radius 3 is 2.47 bits per heavy atom. The summed E-state index contributed by atoms with van der Waals surface area (Å²) in [4.78, 5) is 2.15. The highest BCUT2D eigenvalue weighted by molar-refractivity contribution is 7.85. The molecule has 0 aliphatic carbocycles. The number of nitrogens with one attached hydrogen (secondary N) is 1. The molecule has 1 aliphatic rings. The highest BCUT2D eigenvalue weighted by atomic mass is 32.2. The highest BCUT2D eigenvalue weighted by Gasteiger charge is 2.17. The fraction of sp³-hybridized carbons (Fsp3) is 0.692. The summed E-state index contributed by atoms with van der Waals surface area (Å²) >= 11 is 0. The number of hydrogen-bond acceptors (Lipinski definition) is 5. The zero-order valence-corrected chi connectivity index (χ0v) is 12.7. The summed E-state index contributed by atoms with van der Waals surface area (Å²) in [6.07, 6.45) is 0. The van der Waals surface area contributed by atoms with Gasteiger partial charge in [-0.3, -0.25) is 4.21 Å². The van der Waals surface area contributed by atoms with Crippen LogP contribution in [0.2, 0.25) is 0 Å². The highest BCUT2D eigenvalue weighted by Crippen LogP contribution is 2.12. The van der Waals surface area contributed by atoms with Crippen LogP contribution in [0.25, 0.3) is 0 Å². The van der Waals surface area contributed by atoms with Crippen molar-refractivity contribution >= 4 is 16.6 Å². The van der Waals surface area contributed by atoms with Crippen LogP contribution < -0.4 is 10.2 Å². The molecule has 1 N–H and O–H groups in total. The van der Waals surface area contributed by atoms with Gasteiger partial charge < -0.3 is 10.2 Å². The largest absolute Gasteiger partial charge is 0.353 e. The minimum absolute atomic E-state index is 0.0806. The zero-order chi connectivity index (χ0) is 13.9. The van der Waals surface area contributed by atoms with Crippen LogP contribution in [-0.2, 0) is 17.3 Å². The Morgan fingerprint density at radius 2 is 1.95 bits per heavy atom. The van der Waals surface area contributed by atoms with Crippen LogP contribution in [0.15, 0.2) is 12.1 Å². The van der Waals surface area contributed by atoms with E-state index in [1.165, 1.54) is 0 Å². The molecule has 0 radical (unpaired) electrons. The third-order valence-electron chi connectivity index (χ3n) is 3.01. The number of hydrogen-bond donors (Lipinski definition) is 1. The van der Waals surface area contributed by atoms with Crippen LogP contribution in [-0.4, -0.2) is 44.5 Å². The van der Waals surface area contributed by atoms with E-state index in [4.69, 9.17) is 0 Å². The molecular weight excluding hydrogens is 260 g/mol. The third kappa shape index (κ3) is 4.54. The maximum absolute atomic E-state index is 11.3. The first-order valence-electron chi connectivity index (χ1n) is 6.62. The van der Waals surface area contributed by atoms with Gasteiger partial charge in [0, 0.05) is 47.5 Å². The predicted octanol–water partition coefficient (Wildman–Crippen LogP) is 0.933. The lowest BCUT2D eigenvalue weighted by molar-refractivity contribution is 0.420. The number of aromatic nitrogens is 2. The minimum atomic E-state index is -0.652. The lowest BCUT2D eigenvalue weighted by Crippen LogP contribution is -2.38. The Kier molecular flexibility index (Phi) is 4.52. The molecule has 0 unspecified atom stereocenters. The maximum atomic E-state index is 11.3. The molecule has 1 saturated heterocycles. The second-order valence-electron chi connectivity index (χ2n) is 5.82. The van der Waals surface area contributed by atoms with Crippen LogP contribution in [0.3, 0.4) is 0 Å². The second kappa shape index (κ2) is 5.96. The van der Waals surface area contributed by atoms with Crippen LogP contribution in [0.5, 0.6) is 0 Å². The van der Waals surface area contributed by atoms with Gasteiger partial charge in [0.2, 0.25) is 0 Å². The average molecular weight is 282 g/mol. The van der Waals surface area contributed by atoms with Crippen LogP contribution in [0.1, 0.15) is 26.5 Å². The fourth-order valence-electron chi connectivity index (χ4n) is 1.84. The summed E-state index contributed by atoms with van der Waals surface area (Å²) in [5.74, 6) is 2.35. The molecule has 0 aromatic carbocycles. The van der Waals surface area contributed by atoms with Crippen molar-refractivity contribution in [3.8, 4) is 0 Å². The average Bonchev–Trinajstić information content (AvgIpc) is 2.37. The van der Waals surface area contributed by atoms with Crippen molar-refractivity contribution in [1.29, 1.82) is 0 Å². The van der Waals surface area contributed by atoms with Gasteiger partial charge in [0.05, 0.1) is 5.69 Å². The first kappa shape index (κ1) is 14.4. The monoisotopic (exact) mass is 282 g/mol. The molecule has 2 rings (SSSR count). The van der Waals surface area contributed by atoms with Crippen molar-refractivity contribution in [3.63, 3.8) is 0 Å². The predicted molar refractivity (Wildman–Crippen MR) is 78.7 cm³/mol. The summed E-state index contributed by atoms with van der Waals surface area (Å²) in [6, 6.07) is 4.01. The molecular formula is C13H22N4OS. The van der Waals surface area contributed by atoms with Crippen molar-refractivity contribution < 1.29 is 4.21 Å². The van der Waals surface area contributed by atoms with Crippen molar-refractivity contribution in [2.75, 3.05) is 29.5 Å². The van der Waals surface area contributed by atoms with Gasteiger partial charge in [-0.15, -0.1) is 5.10 Å². The first-order valence-corrected chi connectivity index (χ1v) is 8.10. The standard InChI is InChI=1S/C13H22N4OS/c1-13(2,3)14-10-11-4-5-12(16-15-11)17-6-8-19(18)9-7-17/h4-5,14H,6-10H2,1-3H3. The summed E-state index contributed by atoms with van der Waals surface area (Å²) in [6.45, 7) is 8.72. The second-order valence-corrected chi connectivity index (χ2v) is 7.52. The molecule has 1 aromatic rings. The van der Waals surface area contributed by atoms with Crippen LogP contribution >= 0.6 is 0 Å². The molecule has 5 nitrogen and oxygen atoms in total. The van der Waals surface area contributed by atoms with E-state index in [9.17, 15) is 4.21 Å². The number of anilines is 1. The van der Waals surface area contributed by atoms with Crippen LogP contribution in [0.4, 0.5) is 5.82 Å². The van der Waals surface area contributed by atoms with Crippen molar-refractivity contribution in [3.05, 3.63) is 17.8 Å². The summed E-state index contributed by atoms with van der Waals surface area (Å²) in [7, 11) is -0.652. The smallest absolute Gasteiger partial charge is 0.151 e. The van der Waals surface area contributed by atoms with E-state index in [0.717, 1.165) is 42.7 Å². The van der Waals surface area contributed by atoms with E-state index >= 15 is 0 Å². The summed E-state index contributed by atoms with van der Waals surface area (Å²) in [5.41, 5.74) is 1.02. The zero-order valence-electron chi connectivity index (χ0n) is 11.8. The van der Waals surface area contributed by atoms with Gasteiger partial charge in [-0.2, -0.15) is 5.10 Å². The van der Waals surface area contributed by atoms with Gasteiger partial charge in [-0.25, -0.2) is 0 Å². The van der Waals surface area contributed by atoms with Gasteiger partial charge in [0.1, 0.15) is 0 Å². The molecule has 1 fully saturated rings. The van der Waals surface area contributed by atoms with Gasteiger partial charge in [0.25, 0.3) is 0 Å². The van der Waals surface area contributed by atoms with Crippen LogP contribution in [0, 0.1) is 0 Å². The molecule has 0 saturated carbocycles. The van der Waals surface area contributed by atoms with Crippen molar-refractivity contribution in [2.24, 2.45) is 0 Å². The molecule has 1 aliphatic heterocycles. The topological polar surface area (TPSA) is 58.1 Å². The number of rotatable bonds is 3. The molecule has 2 heterocycles. The maximum Gasteiger partial charge on any atom is 0.151 e. The van der Waals surface area contributed by atoms with Gasteiger partial charge in [-0.05, 0) is 32.9 Å². The molecule has 0 amide bonds. The quantitative estimate of drug-likeness (QED) is 0.894. The Labute approximate surface area is 117 Å². The van der Waals surface area contributed by atoms with Gasteiger partial charge in [0.15, 0.2) is 5.82 Å². The first-order chi connectivity index (χ1) is 8.94. The molecule has 0 atom stereocenters. The molecule has 19 heavy (non-hydrogen) atoms. The Hall–Kier alpha value is -1.01. The molecule has 0 bridgehead atoms. The summed E-state index contributed by atoms with van der Waals surface area (Å²) in [5, 5.41) is 11.9. The molecule has 1 aromatic heterocycles. The Morgan fingerprint density at radius 1 is 1.26 bits per heavy atom. The van der Waals surface area contributed by atoms with E-state index in [1.807, 2.05) is 12.1 Å². The normalized spacial score (nSPS) is 17.7. The lowest BCUT2D eigenvalue weighted by Gasteiger charge is -2.27. The lowest BCUT2D eigenvalue weighted by atomic mass is 10.1. The van der Waals surface area contributed by atoms with E-state index in [-0.39, 0.29) is 5.54 Å². The molecule has 106 valence electrons. The van der Waals surface area contributed by atoms with E-state index in [1.54, 1.807) is 0 Å². The van der Waals surface area contributed by atoms with Crippen molar-refractivity contribution in [1.82, 2.24) is 15.5 Å². The number of nitrogens with zero attached hydrogens (tertiary/aromatic N) is 3. The summed E-state index contributed by atoms with van der Waals surface area (Å²) < 4.78 is 11.3. The molecule has 6 heteroatoms. The Bertz CT molecular complexity index is 431. The molecule has 0 spiro atoms. The minimum Gasteiger partial charge on any atom is -0.353 e. The van der Waals surface area contributed by atoms with Gasteiger partial charge >= 0.3 is 0 Å². The van der Waals surface area contributed by atoms with Crippen molar-refractivity contribution in [2.45, 2.75) is 32.9 Å². The fourth-order valence-corrected chi connectivity index (χ4v) is 2.89. The van der Waals surface area contributed by atoms with E-state index in [2.05, 4.69) is 41.2 Å². The van der Waals surface area contributed by atoms with Gasteiger partial charge in [-0.1, -0.05) is 0 Å². The van der Waals surface area contributed by atoms with E-state index in [0.29, 0.717) is 0 Å². The Balaban J connectivity index is 1.93.